The molecule has 2 aliphatic rings. The van der Waals surface area contributed by atoms with Crippen LogP contribution in [-0.4, -0.2) is 64.9 Å². The lowest BCUT2D eigenvalue weighted by Crippen LogP contribution is -2.29. The third-order valence-corrected chi connectivity index (χ3v) is 5.52. The average molecular weight is 365 g/mol. The summed E-state index contributed by atoms with van der Waals surface area (Å²) in [6.45, 7) is 5.66. The van der Waals surface area contributed by atoms with E-state index in [0.29, 0.717) is 17.4 Å². The molecule has 27 heavy (non-hydrogen) atoms. The fraction of sp³-hybridized carbons (Fsp3) is 0.476. The molecule has 0 bridgehead atoms. The average Bonchev–Trinajstić information content (AvgIpc) is 3.41. The van der Waals surface area contributed by atoms with Crippen LogP contribution in [0.3, 0.4) is 0 Å². The summed E-state index contributed by atoms with van der Waals surface area (Å²) in [6.07, 6.45) is 6.63. The number of amides is 1. The molecule has 6 heteroatoms. The lowest BCUT2D eigenvalue weighted by atomic mass is 9.99. The van der Waals surface area contributed by atoms with Crippen molar-refractivity contribution in [3.05, 3.63) is 54.0 Å². The van der Waals surface area contributed by atoms with Crippen LogP contribution in [0.1, 0.15) is 41.2 Å². The van der Waals surface area contributed by atoms with Gasteiger partial charge in [-0.05, 0) is 37.3 Å². The Kier molecular flexibility index (Phi) is 5.63. The molecule has 2 saturated heterocycles. The van der Waals surface area contributed by atoms with Crippen LogP contribution in [0.5, 0.6) is 0 Å². The largest absolute Gasteiger partial charge is 0.367 e. The predicted molar refractivity (Wildman–Crippen MR) is 106 cm³/mol. The molecule has 1 unspecified atom stereocenters. The standard InChI is InChI=1S/C21H27N5O/c27-21(26-10-4-5-11-26)19-14-22-15-20(24-19)23-9-13-25-12-8-18(16-25)17-6-2-1-3-7-17/h1-3,6-7,14-15,18H,4-5,8-13,16H2,(H,23,24). The van der Waals surface area contributed by atoms with Gasteiger partial charge >= 0.3 is 0 Å². The molecule has 1 N–H and O–H groups in total. The van der Waals surface area contributed by atoms with Crippen LogP contribution in [0.15, 0.2) is 42.7 Å². The minimum Gasteiger partial charge on any atom is -0.367 e. The van der Waals surface area contributed by atoms with Gasteiger partial charge in [0, 0.05) is 32.7 Å². The van der Waals surface area contributed by atoms with Gasteiger partial charge in [-0.2, -0.15) is 0 Å². The van der Waals surface area contributed by atoms with Crippen LogP contribution in [-0.2, 0) is 0 Å². The number of likely N-dealkylation sites (tertiary alicyclic amines) is 2. The molecule has 142 valence electrons. The van der Waals surface area contributed by atoms with E-state index < -0.39 is 0 Å². The van der Waals surface area contributed by atoms with Gasteiger partial charge in [-0.15, -0.1) is 0 Å². The molecule has 2 aliphatic heterocycles. The van der Waals surface area contributed by atoms with Crippen molar-refractivity contribution in [1.29, 1.82) is 0 Å². The number of nitrogens with zero attached hydrogens (tertiary/aromatic N) is 4. The van der Waals surface area contributed by atoms with Crippen molar-refractivity contribution < 1.29 is 4.79 Å². The maximum atomic E-state index is 12.4. The van der Waals surface area contributed by atoms with Crippen LogP contribution in [0.4, 0.5) is 5.82 Å². The van der Waals surface area contributed by atoms with Gasteiger partial charge in [0.25, 0.3) is 5.91 Å². The minimum atomic E-state index is -0.00565. The van der Waals surface area contributed by atoms with Crippen LogP contribution in [0.25, 0.3) is 0 Å². The SMILES string of the molecule is O=C(c1cncc(NCCN2CCC(c3ccccc3)C2)n1)N1CCCC1. The van der Waals surface area contributed by atoms with Gasteiger partial charge in [0.15, 0.2) is 0 Å². The Morgan fingerprint density at radius 1 is 1.11 bits per heavy atom. The normalized spacial score (nSPS) is 20.1. The van der Waals surface area contributed by atoms with Crippen molar-refractivity contribution in [3.63, 3.8) is 0 Å². The maximum absolute atomic E-state index is 12.4. The molecular weight excluding hydrogens is 338 g/mol. The molecule has 0 radical (unpaired) electrons. The molecule has 1 amide bonds. The molecule has 3 heterocycles. The maximum Gasteiger partial charge on any atom is 0.274 e. The van der Waals surface area contributed by atoms with E-state index in [-0.39, 0.29) is 5.91 Å². The summed E-state index contributed by atoms with van der Waals surface area (Å²) in [4.78, 5) is 25.4. The van der Waals surface area contributed by atoms with Crippen LogP contribution in [0.2, 0.25) is 0 Å². The second-order valence-electron chi connectivity index (χ2n) is 7.41. The van der Waals surface area contributed by atoms with Gasteiger partial charge in [-0.1, -0.05) is 30.3 Å². The quantitative estimate of drug-likeness (QED) is 0.853. The Balaban J connectivity index is 1.26. The van der Waals surface area contributed by atoms with Crippen LogP contribution in [0, 0.1) is 0 Å². The summed E-state index contributed by atoms with van der Waals surface area (Å²) in [5.74, 6) is 1.31. The van der Waals surface area contributed by atoms with E-state index in [1.54, 1.807) is 12.4 Å². The van der Waals surface area contributed by atoms with Gasteiger partial charge in [-0.3, -0.25) is 9.78 Å². The third kappa shape index (κ3) is 4.45. The van der Waals surface area contributed by atoms with E-state index >= 15 is 0 Å². The van der Waals surface area contributed by atoms with Crippen molar-refractivity contribution in [3.8, 4) is 0 Å². The second kappa shape index (κ2) is 8.48. The Bertz CT molecular complexity index is 760. The fourth-order valence-electron chi connectivity index (χ4n) is 4.01. The van der Waals surface area contributed by atoms with Gasteiger partial charge in [-0.25, -0.2) is 4.98 Å². The number of rotatable bonds is 6. The Hall–Kier alpha value is -2.47. The number of hydrogen-bond acceptors (Lipinski definition) is 5. The summed E-state index contributed by atoms with van der Waals surface area (Å²) in [5.41, 5.74) is 1.87. The lowest BCUT2D eigenvalue weighted by Gasteiger charge is -2.17. The third-order valence-electron chi connectivity index (χ3n) is 5.52. The molecule has 1 aromatic heterocycles. The summed E-state index contributed by atoms with van der Waals surface area (Å²) < 4.78 is 0. The van der Waals surface area contributed by atoms with E-state index in [1.807, 2.05) is 4.90 Å². The second-order valence-corrected chi connectivity index (χ2v) is 7.41. The van der Waals surface area contributed by atoms with E-state index in [9.17, 15) is 4.79 Å². The molecule has 2 aromatic rings. The van der Waals surface area contributed by atoms with Gasteiger partial charge in [0.2, 0.25) is 0 Å². The zero-order valence-corrected chi connectivity index (χ0v) is 15.7. The van der Waals surface area contributed by atoms with Crippen molar-refractivity contribution >= 4 is 11.7 Å². The highest BCUT2D eigenvalue weighted by Gasteiger charge is 2.23. The van der Waals surface area contributed by atoms with E-state index in [1.165, 1.54) is 12.0 Å². The first-order valence-electron chi connectivity index (χ1n) is 9.92. The predicted octanol–water partition coefficient (Wildman–Crippen LogP) is 2.61. The highest BCUT2D eigenvalue weighted by Crippen LogP contribution is 2.26. The number of carbonyl (C=O) groups excluding carboxylic acids is 1. The van der Waals surface area contributed by atoms with Gasteiger partial charge in [0.05, 0.1) is 12.4 Å². The molecule has 6 nitrogen and oxygen atoms in total. The minimum absolute atomic E-state index is 0.00565. The lowest BCUT2D eigenvalue weighted by molar-refractivity contribution is 0.0786. The number of nitrogens with one attached hydrogen (secondary N) is 1. The zero-order valence-electron chi connectivity index (χ0n) is 15.7. The topological polar surface area (TPSA) is 61.4 Å². The number of aromatic nitrogens is 2. The number of benzene rings is 1. The van der Waals surface area contributed by atoms with Crippen molar-refractivity contribution in [2.45, 2.75) is 25.2 Å². The first kappa shape index (κ1) is 17.9. The number of carbonyl (C=O) groups is 1. The Labute approximate surface area is 160 Å². The first-order chi connectivity index (χ1) is 13.3. The van der Waals surface area contributed by atoms with E-state index in [2.05, 4.69) is 50.5 Å². The first-order valence-corrected chi connectivity index (χ1v) is 9.92. The molecule has 1 atom stereocenters. The molecule has 0 saturated carbocycles. The molecule has 2 fully saturated rings. The summed E-state index contributed by atoms with van der Waals surface area (Å²) in [5, 5.41) is 3.33. The van der Waals surface area contributed by atoms with Crippen LogP contribution < -0.4 is 5.32 Å². The van der Waals surface area contributed by atoms with Crippen LogP contribution >= 0.6 is 0 Å². The summed E-state index contributed by atoms with van der Waals surface area (Å²) >= 11 is 0. The zero-order chi connectivity index (χ0) is 18.5. The number of hydrogen-bond donors (Lipinski definition) is 1. The molecule has 0 aliphatic carbocycles. The summed E-state index contributed by atoms with van der Waals surface area (Å²) in [7, 11) is 0. The molecular formula is C21H27N5O. The van der Waals surface area contributed by atoms with Crippen molar-refractivity contribution in [2.75, 3.05) is 44.6 Å². The molecule has 4 rings (SSSR count). The van der Waals surface area contributed by atoms with Gasteiger partial charge < -0.3 is 15.1 Å². The van der Waals surface area contributed by atoms with E-state index in [0.717, 1.165) is 52.1 Å². The number of anilines is 1. The molecule has 0 spiro atoms. The smallest absolute Gasteiger partial charge is 0.274 e. The highest BCUT2D eigenvalue weighted by atomic mass is 16.2. The Morgan fingerprint density at radius 2 is 1.93 bits per heavy atom. The van der Waals surface area contributed by atoms with E-state index in [4.69, 9.17) is 0 Å². The monoisotopic (exact) mass is 365 g/mol. The van der Waals surface area contributed by atoms with Crippen molar-refractivity contribution in [1.82, 2.24) is 19.8 Å². The van der Waals surface area contributed by atoms with Crippen molar-refractivity contribution in [2.24, 2.45) is 0 Å². The van der Waals surface area contributed by atoms with Gasteiger partial charge in [0.1, 0.15) is 11.5 Å². The summed E-state index contributed by atoms with van der Waals surface area (Å²) in [6, 6.07) is 10.8. The fourth-order valence-corrected chi connectivity index (χ4v) is 4.01. The Morgan fingerprint density at radius 3 is 2.74 bits per heavy atom. The molecule has 1 aromatic carbocycles. The highest BCUT2D eigenvalue weighted by molar-refractivity contribution is 5.92.